The Labute approximate surface area is 121 Å². The monoisotopic (exact) mass is 321 g/mol. The Morgan fingerprint density at radius 1 is 0.909 bits per heavy atom. The quantitative estimate of drug-likeness (QED) is 0.866. The molecule has 0 amide bonds. The van der Waals surface area contributed by atoms with E-state index in [0.29, 0.717) is 12.1 Å². The predicted octanol–water partition coefficient (Wildman–Crippen LogP) is 4.05. The minimum absolute atomic E-state index is 0.0116. The third kappa shape index (κ3) is 3.70. The number of hydrogen-bond donors (Lipinski definition) is 1. The first-order valence-corrected chi connectivity index (χ1v) is 5.93. The lowest BCUT2D eigenvalue weighted by Gasteiger charge is -2.15. The lowest BCUT2D eigenvalue weighted by Crippen LogP contribution is -2.18. The van der Waals surface area contributed by atoms with Crippen molar-refractivity contribution in [3.8, 4) is 5.75 Å². The molecule has 2 N–H and O–H groups in total. The summed E-state index contributed by atoms with van der Waals surface area (Å²) in [5.74, 6) is -4.08. The zero-order valence-electron chi connectivity index (χ0n) is 10.8. The van der Waals surface area contributed by atoms with Gasteiger partial charge in [0.1, 0.15) is 11.6 Å². The summed E-state index contributed by atoms with van der Waals surface area (Å²) >= 11 is 0. The van der Waals surface area contributed by atoms with Crippen molar-refractivity contribution in [2.75, 3.05) is 0 Å². The lowest BCUT2D eigenvalue weighted by molar-refractivity contribution is -0.275. The van der Waals surface area contributed by atoms with Gasteiger partial charge >= 0.3 is 6.36 Å². The minimum Gasteiger partial charge on any atom is -0.403 e. The third-order valence-electron chi connectivity index (χ3n) is 2.84. The molecule has 2 nitrogen and oxygen atoms in total. The van der Waals surface area contributed by atoms with Gasteiger partial charge in [-0.2, -0.15) is 0 Å². The average Bonchev–Trinajstić information content (AvgIpc) is 2.39. The standard InChI is InChI=1S/C14H9F6NO/c15-8-2-3-9(10(16)6-8)13(21)7-1-4-12(11(17)5-7)22-14(18,19)20/h1-6,13H,21H2/t13-/m0/s1. The fourth-order valence-electron chi connectivity index (χ4n) is 1.85. The molecule has 0 aromatic heterocycles. The Morgan fingerprint density at radius 3 is 2.14 bits per heavy atom. The van der Waals surface area contributed by atoms with Crippen LogP contribution in [0.25, 0.3) is 0 Å². The first kappa shape index (κ1) is 16.2. The molecule has 2 aromatic rings. The second kappa shape index (κ2) is 5.88. The summed E-state index contributed by atoms with van der Waals surface area (Å²) in [7, 11) is 0. The lowest BCUT2D eigenvalue weighted by atomic mass is 9.99. The Balaban J connectivity index is 2.31. The van der Waals surface area contributed by atoms with E-state index in [2.05, 4.69) is 4.74 Å². The molecule has 22 heavy (non-hydrogen) atoms. The average molecular weight is 321 g/mol. The summed E-state index contributed by atoms with van der Waals surface area (Å²) in [6, 6.07) is 3.98. The molecule has 0 aliphatic heterocycles. The van der Waals surface area contributed by atoms with Crippen LogP contribution in [0.3, 0.4) is 0 Å². The summed E-state index contributed by atoms with van der Waals surface area (Å²) in [6.07, 6.45) is -5.03. The highest BCUT2D eigenvalue weighted by Crippen LogP contribution is 2.29. The molecular formula is C14H9F6NO. The van der Waals surface area contributed by atoms with E-state index in [0.717, 1.165) is 24.3 Å². The van der Waals surface area contributed by atoms with Gasteiger partial charge in [0, 0.05) is 11.6 Å². The van der Waals surface area contributed by atoms with Gasteiger partial charge in [0.2, 0.25) is 0 Å². The SMILES string of the molecule is N[C@@H](c1ccc(OC(F)(F)F)c(F)c1)c1ccc(F)cc1F. The second-order valence-electron chi connectivity index (χ2n) is 4.38. The number of rotatable bonds is 3. The molecule has 0 saturated heterocycles. The van der Waals surface area contributed by atoms with Gasteiger partial charge in [0.25, 0.3) is 0 Å². The molecule has 0 radical (unpaired) electrons. The Hall–Kier alpha value is -2.22. The van der Waals surface area contributed by atoms with E-state index < -0.39 is 35.6 Å². The molecule has 1 atom stereocenters. The van der Waals surface area contributed by atoms with E-state index >= 15 is 0 Å². The van der Waals surface area contributed by atoms with Crippen molar-refractivity contribution in [3.63, 3.8) is 0 Å². The molecule has 0 aliphatic carbocycles. The minimum atomic E-state index is -5.03. The number of hydrogen-bond acceptors (Lipinski definition) is 2. The van der Waals surface area contributed by atoms with Crippen molar-refractivity contribution in [1.29, 1.82) is 0 Å². The van der Waals surface area contributed by atoms with E-state index in [-0.39, 0.29) is 11.1 Å². The van der Waals surface area contributed by atoms with Gasteiger partial charge in [-0.1, -0.05) is 12.1 Å². The molecule has 0 unspecified atom stereocenters. The Kier molecular flexibility index (Phi) is 4.32. The largest absolute Gasteiger partial charge is 0.573 e. The van der Waals surface area contributed by atoms with Crippen molar-refractivity contribution in [2.24, 2.45) is 5.73 Å². The van der Waals surface area contributed by atoms with Gasteiger partial charge in [-0.3, -0.25) is 0 Å². The van der Waals surface area contributed by atoms with E-state index in [1.807, 2.05) is 0 Å². The topological polar surface area (TPSA) is 35.2 Å². The summed E-state index contributed by atoms with van der Waals surface area (Å²) in [4.78, 5) is 0. The van der Waals surface area contributed by atoms with Crippen LogP contribution in [0.5, 0.6) is 5.75 Å². The zero-order chi connectivity index (χ0) is 16.5. The summed E-state index contributed by atoms with van der Waals surface area (Å²) in [5.41, 5.74) is 5.61. The highest BCUT2D eigenvalue weighted by atomic mass is 19.4. The van der Waals surface area contributed by atoms with Crippen LogP contribution in [0, 0.1) is 17.5 Å². The van der Waals surface area contributed by atoms with E-state index in [1.54, 1.807) is 0 Å². The third-order valence-corrected chi connectivity index (χ3v) is 2.84. The van der Waals surface area contributed by atoms with E-state index in [1.165, 1.54) is 0 Å². The van der Waals surface area contributed by atoms with Crippen LogP contribution in [-0.4, -0.2) is 6.36 Å². The van der Waals surface area contributed by atoms with E-state index in [4.69, 9.17) is 5.73 Å². The van der Waals surface area contributed by atoms with Crippen molar-refractivity contribution in [3.05, 3.63) is 65.0 Å². The molecule has 0 heterocycles. The number of benzene rings is 2. The fraction of sp³-hybridized carbons (Fsp3) is 0.143. The predicted molar refractivity (Wildman–Crippen MR) is 65.5 cm³/mol. The van der Waals surface area contributed by atoms with Crippen LogP contribution >= 0.6 is 0 Å². The van der Waals surface area contributed by atoms with Crippen molar-refractivity contribution >= 4 is 0 Å². The normalized spacial score (nSPS) is 13.0. The first-order chi connectivity index (χ1) is 10.2. The van der Waals surface area contributed by atoms with Gasteiger partial charge in [0.05, 0.1) is 6.04 Å². The van der Waals surface area contributed by atoms with Crippen LogP contribution in [0.15, 0.2) is 36.4 Å². The van der Waals surface area contributed by atoms with Crippen LogP contribution in [0.1, 0.15) is 17.2 Å². The summed E-state index contributed by atoms with van der Waals surface area (Å²) < 4.78 is 79.6. The molecule has 0 aliphatic rings. The molecule has 2 rings (SSSR count). The van der Waals surface area contributed by atoms with Gasteiger partial charge in [-0.25, -0.2) is 13.2 Å². The highest BCUT2D eigenvalue weighted by molar-refractivity contribution is 5.37. The van der Waals surface area contributed by atoms with Crippen LogP contribution in [0.2, 0.25) is 0 Å². The maximum absolute atomic E-state index is 13.6. The molecule has 0 spiro atoms. The maximum Gasteiger partial charge on any atom is 0.573 e. The van der Waals surface area contributed by atoms with Gasteiger partial charge in [-0.05, 0) is 23.8 Å². The number of nitrogens with two attached hydrogens (primary N) is 1. The summed E-state index contributed by atoms with van der Waals surface area (Å²) in [6.45, 7) is 0. The molecule has 2 aromatic carbocycles. The van der Waals surface area contributed by atoms with Crippen LogP contribution < -0.4 is 10.5 Å². The number of ether oxygens (including phenoxy) is 1. The van der Waals surface area contributed by atoms with Crippen molar-refractivity contribution in [2.45, 2.75) is 12.4 Å². The molecule has 8 heteroatoms. The number of halogens is 6. The van der Waals surface area contributed by atoms with Gasteiger partial charge in [-0.15, -0.1) is 13.2 Å². The van der Waals surface area contributed by atoms with Crippen LogP contribution in [0.4, 0.5) is 26.3 Å². The van der Waals surface area contributed by atoms with E-state index in [9.17, 15) is 26.3 Å². The summed E-state index contributed by atoms with van der Waals surface area (Å²) in [5, 5.41) is 0. The van der Waals surface area contributed by atoms with Crippen LogP contribution in [-0.2, 0) is 0 Å². The molecule has 118 valence electrons. The Morgan fingerprint density at radius 2 is 1.59 bits per heavy atom. The molecule has 0 bridgehead atoms. The van der Waals surface area contributed by atoms with Crippen molar-refractivity contribution < 1.29 is 31.1 Å². The smallest absolute Gasteiger partial charge is 0.403 e. The first-order valence-electron chi connectivity index (χ1n) is 5.93. The molecular weight excluding hydrogens is 312 g/mol. The zero-order valence-corrected chi connectivity index (χ0v) is 10.8. The van der Waals surface area contributed by atoms with Gasteiger partial charge < -0.3 is 10.5 Å². The van der Waals surface area contributed by atoms with Crippen molar-refractivity contribution in [1.82, 2.24) is 0 Å². The second-order valence-corrected chi connectivity index (χ2v) is 4.38. The Bertz CT molecular complexity index is 686. The highest BCUT2D eigenvalue weighted by Gasteiger charge is 2.32. The maximum atomic E-state index is 13.6. The fourth-order valence-corrected chi connectivity index (χ4v) is 1.85. The molecule has 0 fully saturated rings. The molecule has 0 saturated carbocycles. The van der Waals surface area contributed by atoms with Gasteiger partial charge in [0.15, 0.2) is 11.6 Å². The number of alkyl halides is 3.